The number of hydrogen-bond donors (Lipinski definition) is 1. The van der Waals surface area contributed by atoms with Crippen molar-refractivity contribution in [2.24, 2.45) is 0 Å². The molecule has 0 bridgehead atoms. The molecule has 0 saturated carbocycles. The van der Waals surface area contributed by atoms with Crippen molar-refractivity contribution < 1.29 is 31.5 Å². The van der Waals surface area contributed by atoms with Crippen molar-refractivity contribution >= 4 is 33.3 Å². The number of esters is 1. The zero-order chi connectivity index (χ0) is 25.7. The van der Waals surface area contributed by atoms with E-state index in [1.54, 1.807) is 12.1 Å². The van der Waals surface area contributed by atoms with Gasteiger partial charge in [-0.15, -0.1) is 0 Å². The summed E-state index contributed by atoms with van der Waals surface area (Å²) in [6.45, 7) is 0.654. The fourth-order valence-corrected chi connectivity index (χ4v) is 5.22. The first-order valence-corrected chi connectivity index (χ1v) is 12.5. The summed E-state index contributed by atoms with van der Waals surface area (Å²) in [5.41, 5.74) is 0.989. The Morgan fingerprint density at radius 3 is 2.25 bits per heavy atom. The number of sulfonamides is 1. The molecule has 0 radical (unpaired) electrons. The summed E-state index contributed by atoms with van der Waals surface area (Å²) >= 11 is 0. The van der Waals surface area contributed by atoms with E-state index in [1.807, 2.05) is 4.90 Å². The number of piperazine rings is 1. The van der Waals surface area contributed by atoms with Gasteiger partial charge in [-0.05, 0) is 60.7 Å². The van der Waals surface area contributed by atoms with Crippen molar-refractivity contribution in [3.05, 3.63) is 90.0 Å². The lowest BCUT2D eigenvalue weighted by molar-refractivity contribution is -0.119. The molecule has 36 heavy (non-hydrogen) atoms. The summed E-state index contributed by atoms with van der Waals surface area (Å²) in [7, 11) is -3.88. The van der Waals surface area contributed by atoms with E-state index in [4.69, 9.17) is 4.74 Å². The van der Waals surface area contributed by atoms with Crippen LogP contribution in [0.2, 0.25) is 0 Å². The predicted molar refractivity (Wildman–Crippen MR) is 129 cm³/mol. The Morgan fingerprint density at radius 1 is 0.861 bits per heavy atom. The van der Waals surface area contributed by atoms with Gasteiger partial charge in [0, 0.05) is 37.6 Å². The minimum Gasteiger partial charge on any atom is -0.452 e. The Balaban J connectivity index is 1.35. The van der Waals surface area contributed by atoms with Crippen molar-refractivity contribution in [2.45, 2.75) is 4.90 Å². The van der Waals surface area contributed by atoms with Crippen molar-refractivity contribution in [1.29, 1.82) is 0 Å². The molecule has 0 unspecified atom stereocenters. The second kappa shape index (κ2) is 10.8. The zero-order valence-corrected chi connectivity index (χ0v) is 19.9. The van der Waals surface area contributed by atoms with Crippen LogP contribution < -0.4 is 10.2 Å². The maximum absolute atomic E-state index is 13.2. The number of rotatable bonds is 7. The SMILES string of the molecule is O=C(COC(=O)c1cccc(S(=O)(=O)N2CCN(c3ccc(F)cc3)CC2)c1)Nc1cccc(F)c1. The van der Waals surface area contributed by atoms with E-state index in [9.17, 15) is 26.8 Å². The fourth-order valence-electron chi connectivity index (χ4n) is 3.75. The van der Waals surface area contributed by atoms with Crippen LogP contribution >= 0.6 is 0 Å². The number of anilines is 2. The molecule has 3 aromatic carbocycles. The number of carbonyl (C=O) groups is 2. The van der Waals surface area contributed by atoms with Gasteiger partial charge in [0.15, 0.2) is 6.61 Å². The Morgan fingerprint density at radius 2 is 1.56 bits per heavy atom. The molecular weight excluding hydrogens is 492 g/mol. The first-order valence-electron chi connectivity index (χ1n) is 11.1. The molecular formula is C25H23F2N3O5S. The van der Waals surface area contributed by atoms with Gasteiger partial charge in [-0.3, -0.25) is 4.79 Å². The average molecular weight is 516 g/mol. The van der Waals surface area contributed by atoms with Gasteiger partial charge in [-0.2, -0.15) is 4.31 Å². The van der Waals surface area contributed by atoms with Crippen LogP contribution in [-0.4, -0.2) is 57.4 Å². The molecule has 0 aromatic heterocycles. The number of ether oxygens (including phenoxy) is 1. The van der Waals surface area contributed by atoms with E-state index in [1.165, 1.54) is 58.9 Å². The number of carbonyl (C=O) groups excluding carboxylic acids is 2. The molecule has 1 saturated heterocycles. The number of hydrogen-bond acceptors (Lipinski definition) is 6. The second-order valence-electron chi connectivity index (χ2n) is 8.03. The standard InChI is InChI=1S/C25H23F2N3O5S/c26-19-7-9-22(10-8-19)29-11-13-30(14-12-29)36(33,34)23-6-1-3-18(15-23)25(32)35-17-24(31)28-21-5-2-4-20(27)16-21/h1-10,15-16H,11-14,17H2,(H,28,31). The number of nitrogens with one attached hydrogen (secondary N) is 1. The Hall–Kier alpha value is -3.83. The molecule has 4 rings (SSSR count). The Kier molecular flexibility index (Phi) is 7.61. The first-order chi connectivity index (χ1) is 17.2. The van der Waals surface area contributed by atoms with Gasteiger partial charge < -0.3 is 15.0 Å². The smallest absolute Gasteiger partial charge is 0.338 e. The Bertz CT molecular complexity index is 1360. The monoisotopic (exact) mass is 515 g/mol. The Labute approximate surface area is 207 Å². The van der Waals surface area contributed by atoms with E-state index < -0.39 is 34.3 Å². The van der Waals surface area contributed by atoms with E-state index in [2.05, 4.69) is 5.32 Å². The normalized spacial score (nSPS) is 14.3. The van der Waals surface area contributed by atoms with Crippen LogP contribution in [0.5, 0.6) is 0 Å². The average Bonchev–Trinajstić information content (AvgIpc) is 2.88. The molecule has 0 aliphatic carbocycles. The topological polar surface area (TPSA) is 96.0 Å². The van der Waals surface area contributed by atoms with Crippen LogP contribution in [0.25, 0.3) is 0 Å². The summed E-state index contributed by atoms with van der Waals surface area (Å²) in [6.07, 6.45) is 0. The maximum Gasteiger partial charge on any atom is 0.338 e. The second-order valence-corrected chi connectivity index (χ2v) is 9.97. The van der Waals surface area contributed by atoms with Gasteiger partial charge >= 0.3 is 5.97 Å². The highest BCUT2D eigenvalue weighted by Gasteiger charge is 2.29. The number of amides is 1. The van der Waals surface area contributed by atoms with Crippen molar-refractivity contribution in [1.82, 2.24) is 4.31 Å². The molecule has 1 amide bonds. The van der Waals surface area contributed by atoms with Crippen LogP contribution in [0.15, 0.2) is 77.7 Å². The molecule has 0 spiro atoms. The quantitative estimate of drug-likeness (QED) is 0.486. The maximum atomic E-state index is 13.2. The summed E-state index contributed by atoms with van der Waals surface area (Å²) < 4.78 is 59.0. The third kappa shape index (κ3) is 6.04. The molecule has 188 valence electrons. The third-order valence-corrected chi connectivity index (χ3v) is 7.48. The van der Waals surface area contributed by atoms with Crippen molar-refractivity contribution in [3.63, 3.8) is 0 Å². The van der Waals surface area contributed by atoms with E-state index >= 15 is 0 Å². The van der Waals surface area contributed by atoms with Crippen LogP contribution in [0.1, 0.15) is 10.4 Å². The predicted octanol–water partition coefficient (Wildman–Crippen LogP) is 3.27. The first kappa shape index (κ1) is 25.3. The third-order valence-electron chi connectivity index (χ3n) is 5.58. The molecule has 1 aliphatic rings. The van der Waals surface area contributed by atoms with Crippen LogP contribution in [-0.2, 0) is 19.6 Å². The summed E-state index contributed by atoms with van der Waals surface area (Å²) in [6, 6.07) is 16.6. The van der Waals surface area contributed by atoms with Gasteiger partial charge in [-0.1, -0.05) is 12.1 Å². The van der Waals surface area contributed by atoms with Gasteiger partial charge in [-0.25, -0.2) is 22.0 Å². The molecule has 1 N–H and O–H groups in total. The van der Waals surface area contributed by atoms with E-state index in [-0.39, 0.29) is 35.1 Å². The summed E-state index contributed by atoms with van der Waals surface area (Å²) in [5, 5.41) is 2.41. The van der Waals surface area contributed by atoms with Gasteiger partial charge in [0.25, 0.3) is 5.91 Å². The molecule has 1 aliphatic heterocycles. The van der Waals surface area contributed by atoms with E-state index in [0.29, 0.717) is 13.1 Å². The molecule has 1 heterocycles. The van der Waals surface area contributed by atoms with Crippen LogP contribution in [0.4, 0.5) is 20.2 Å². The highest BCUT2D eigenvalue weighted by atomic mass is 32.2. The zero-order valence-electron chi connectivity index (χ0n) is 19.1. The number of halogens is 2. The highest BCUT2D eigenvalue weighted by Crippen LogP contribution is 2.22. The van der Waals surface area contributed by atoms with Gasteiger partial charge in [0.2, 0.25) is 10.0 Å². The molecule has 1 fully saturated rings. The number of nitrogens with zero attached hydrogens (tertiary/aromatic N) is 2. The minimum atomic E-state index is -3.88. The molecule has 8 nitrogen and oxygen atoms in total. The van der Waals surface area contributed by atoms with Crippen LogP contribution in [0, 0.1) is 11.6 Å². The lowest BCUT2D eigenvalue weighted by atomic mass is 10.2. The summed E-state index contributed by atoms with van der Waals surface area (Å²) in [5.74, 6) is -2.41. The van der Waals surface area contributed by atoms with Crippen LogP contribution in [0.3, 0.4) is 0 Å². The fraction of sp³-hybridized carbons (Fsp3) is 0.200. The van der Waals surface area contributed by atoms with Gasteiger partial charge in [0.1, 0.15) is 11.6 Å². The highest BCUT2D eigenvalue weighted by molar-refractivity contribution is 7.89. The molecule has 11 heteroatoms. The largest absolute Gasteiger partial charge is 0.452 e. The van der Waals surface area contributed by atoms with E-state index in [0.717, 1.165) is 11.8 Å². The lowest BCUT2D eigenvalue weighted by Crippen LogP contribution is -2.48. The van der Waals surface area contributed by atoms with Crippen molar-refractivity contribution in [3.8, 4) is 0 Å². The molecule has 3 aromatic rings. The number of benzene rings is 3. The minimum absolute atomic E-state index is 0.0282. The van der Waals surface area contributed by atoms with Gasteiger partial charge in [0.05, 0.1) is 10.5 Å². The summed E-state index contributed by atoms with van der Waals surface area (Å²) in [4.78, 5) is 26.3. The lowest BCUT2D eigenvalue weighted by Gasteiger charge is -2.35. The van der Waals surface area contributed by atoms with Crippen molar-refractivity contribution in [2.75, 3.05) is 43.0 Å². The molecule has 0 atom stereocenters.